The van der Waals surface area contributed by atoms with Crippen molar-refractivity contribution in [3.8, 4) is 16.5 Å². The predicted octanol–water partition coefficient (Wildman–Crippen LogP) is 3.32. The van der Waals surface area contributed by atoms with Crippen molar-refractivity contribution in [2.45, 2.75) is 0 Å². The van der Waals surface area contributed by atoms with Gasteiger partial charge in [-0.15, -0.1) is 11.3 Å². The van der Waals surface area contributed by atoms with Crippen molar-refractivity contribution >= 4 is 28.8 Å². The molecule has 5 heteroatoms. The molecule has 0 bridgehead atoms. The molecule has 2 aromatic rings. The first-order valence-corrected chi connectivity index (χ1v) is 6.41. The van der Waals surface area contributed by atoms with Gasteiger partial charge in [-0.2, -0.15) is 5.26 Å². The molecule has 0 atom stereocenters. The smallest absolute Gasteiger partial charge is 0.262 e. The van der Waals surface area contributed by atoms with Crippen LogP contribution in [0.5, 0.6) is 0 Å². The minimum atomic E-state index is -0.221. The number of carbonyl (C=O) groups excluding carboxylic acids is 1. The fourth-order valence-corrected chi connectivity index (χ4v) is 2.49. The summed E-state index contributed by atoms with van der Waals surface area (Å²) in [4.78, 5) is 13.2. The highest BCUT2D eigenvalue weighted by molar-refractivity contribution is 7.17. The summed E-state index contributed by atoms with van der Waals surface area (Å²) in [5.74, 6) is -0.221. The molecule has 18 heavy (non-hydrogen) atoms. The van der Waals surface area contributed by atoms with Crippen LogP contribution in [0.25, 0.3) is 10.4 Å². The van der Waals surface area contributed by atoms with Crippen LogP contribution < -0.4 is 5.32 Å². The summed E-state index contributed by atoms with van der Waals surface area (Å²) in [6.45, 7) is 0.0208. The van der Waals surface area contributed by atoms with Crippen LogP contribution in [0.2, 0.25) is 5.02 Å². The summed E-state index contributed by atoms with van der Waals surface area (Å²) in [6.07, 6.45) is 0. The van der Waals surface area contributed by atoms with Gasteiger partial charge in [0.15, 0.2) is 0 Å². The Hall–Kier alpha value is -1.83. The SMILES string of the molecule is N#CCNC(=O)c1ccc(-c2ccc(Cl)cc2)s1. The van der Waals surface area contributed by atoms with Crippen molar-refractivity contribution in [3.63, 3.8) is 0 Å². The molecule has 0 unspecified atom stereocenters. The summed E-state index contributed by atoms with van der Waals surface area (Å²) in [5.41, 5.74) is 1.02. The average molecular weight is 277 g/mol. The molecule has 2 rings (SSSR count). The third-order valence-electron chi connectivity index (χ3n) is 2.29. The number of hydrogen-bond acceptors (Lipinski definition) is 3. The molecule has 0 aliphatic carbocycles. The number of hydrogen-bond donors (Lipinski definition) is 1. The van der Waals surface area contributed by atoms with Crippen molar-refractivity contribution in [1.82, 2.24) is 5.32 Å². The lowest BCUT2D eigenvalue weighted by Gasteiger charge is -1.98. The largest absolute Gasteiger partial charge is 0.338 e. The first-order chi connectivity index (χ1) is 8.70. The predicted molar refractivity (Wildman–Crippen MR) is 72.7 cm³/mol. The van der Waals surface area contributed by atoms with E-state index in [4.69, 9.17) is 16.9 Å². The number of halogens is 1. The Kier molecular flexibility index (Phi) is 3.98. The van der Waals surface area contributed by atoms with E-state index in [0.29, 0.717) is 9.90 Å². The van der Waals surface area contributed by atoms with Gasteiger partial charge >= 0.3 is 0 Å². The summed E-state index contributed by atoms with van der Waals surface area (Å²) >= 11 is 7.21. The van der Waals surface area contributed by atoms with Crippen molar-refractivity contribution in [2.75, 3.05) is 6.54 Å². The van der Waals surface area contributed by atoms with Gasteiger partial charge in [0, 0.05) is 9.90 Å². The van der Waals surface area contributed by atoms with E-state index in [-0.39, 0.29) is 12.5 Å². The van der Waals surface area contributed by atoms with E-state index in [1.807, 2.05) is 36.4 Å². The van der Waals surface area contributed by atoms with Gasteiger partial charge in [-0.1, -0.05) is 23.7 Å². The number of nitrogens with one attached hydrogen (secondary N) is 1. The first kappa shape index (κ1) is 12.6. The van der Waals surface area contributed by atoms with Crippen LogP contribution in [0, 0.1) is 11.3 Å². The van der Waals surface area contributed by atoms with Crippen LogP contribution in [0.15, 0.2) is 36.4 Å². The van der Waals surface area contributed by atoms with Crippen molar-refractivity contribution in [3.05, 3.63) is 46.3 Å². The van der Waals surface area contributed by atoms with Crippen LogP contribution in [0.3, 0.4) is 0 Å². The maximum atomic E-state index is 11.6. The van der Waals surface area contributed by atoms with E-state index in [2.05, 4.69) is 5.32 Å². The number of nitrogens with zero attached hydrogens (tertiary/aromatic N) is 1. The minimum Gasteiger partial charge on any atom is -0.338 e. The Bertz CT molecular complexity index is 598. The lowest BCUT2D eigenvalue weighted by Crippen LogP contribution is -2.22. The van der Waals surface area contributed by atoms with Crippen molar-refractivity contribution < 1.29 is 4.79 Å². The Balaban J connectivity index is 2.18. The first-order valence-electron chi connectivity index (χ1n) is 5.21. The number of nitriles is 1. The van der Waals surface area contributed by atoms with Gasteiger partial charge in [0.05, 0.1) is 10.9 Å². The van der Waals surface area contributed by atoms with E-state index >= 15 is 0 Å². The highest BCUT2D eigenvalue weighted by atomic mass is 35.5. The van der Waals surface area contributed by atoms with Crippen LogP contribution in [0.4, 0.5) is 0 Å². The monoisotopic (exact) mass is 276 g/mol. The maximum absolute atomic E-state index is 11.6. The van der Waals surface area contributed by atoms with E-state index in [1.165, 1.54) is 11.3 Å². The van der Waals surface area contributed by atoms with Gasteiger partial charge < -0.3 is 5.32 Å². The standard InChI is InChI=1S/C13H9ClN2OS/c14-10-3-1-9(2-4-10)11-5-6-12(18-11)13(17)16-8-7-15/h1-6H,8H2,(H,16,17). The normalized spacial score (nSPS) is 9.78. The van der Waals surface area contributed by atoms with E-state index in [9.17, 15) is 4.79 Å². The third kappa shape index (κ3) is 2.89. The quantitative estimate of drug-likeness (QED) is 0.875. The second-order valence-corrected chi connectivity index (χ2v) is 5.03. The summed E-state index contributed by atoms with van der Waals surface area (Å²) < 4.78 is 0. The van der Waals surface area contributed by atoms with Gasteiger partial charge in [0.2, 0.25) is 0 Å². The second kappa shape index (κ2) is 5.67. The lowest BCUT2D eigenvalue weighted by atomic mass is 10.2. The number of amides is 1. The maximum Gasteiger partial charge on any atom is 0.262 e. The highest BCUT2D eigenvalue weighted by Crippen LogP contribution is 2.28. The molecule has 0 aliphatic rings. The number of benzene rings is 1. The molecule has 0 radical (unpaired) electrons. The van der Waals surface area contributed by atoms with Crippen molar-refractivity contribution in [2.24, 2.45) is 0 Å². The summed E-state index contributed by atoms with van der Waals surface area (Å²) in [6, 6.07) is 12.9. The van der Waals surface area contributed by atoms with E-state index in [0.717, 1.165) is 10.4 Å². The average Bonchev–Trinajstić information content (AvgIpc) is 2.86. The lowest BCUT2D eigenvalue weighted by molar-refractivity contribution is 0.0962. The molecule has 1 aromatic carbocycles. The summed E-state index contributed by atoms with van der Waals surface area (Å²) in [5, 5.41) is 11.6. The second-order valence-electron chi connectivity index (χ2n) is 3.51. The zero-order valence-corrected chi connectivity index (χ0v) is 10.9. The molecule has 1 aromatic heterocycles. The molecule has 0 aliphatic heterocycles. The Morgan fingerprint density at radius 3 is 2.67 bits per heavy atom. The Labute approximate surface area is 114 Å². The molecule has 1 amide bonds. The Morgan fingerprint density at radius 1 is 1.28 bits per heavy atom. The summed E-state index contributed by atoms with van der Waals surface area (Å²) in [7, 11) is 0. The number of thiophene rings is 1. The van der Waals surface area contributed by atoms with Crippen LogP contribution >= 0.6 is 22.9 Å². The van der Waals surface area contributed by atoms with Crippen LogP contribution in [-0.4, -0.2) is 12.5 Å². The Morgan fingerprint density at radius 2 is 2.00 bits per heavy atom. The van der Waals surface area contributed by atoms with E-state index < -0.39 is 0 Å². The third-order valence-corrected chi connectivity index (χ3v) is 3.67. The molecule has 1 N–H and O–H groups in total. The highest BCUT2D eigenvalue weighted by Gasteiger charge is 2.09. The van der Waals surface area contributed by atoms with Gasteiger partial charge in [0.1, 0.15) is 6.54 Å². The fourth-order valence-electron chi connectivity index (χ4n) is 1.44. The van der Waals surface area contributed by atoms with Gasteiger partial charge in [-0.25, -0.2) is 0 Å². The molecule has 90 valence electrons. The molecule has 0 saturated heterocycles. The van der Waals surface area contributed by atoms with Crippen LogP contribution in [-0.2, 0) is 0 Å². The molecule has 0 fully saturated rings. The van der Waals surface area contributed by atoms with E-state index in [1.54, 1.807) is 6.07 Å². The van der Waals surface area contributed by atoms with Gasteiger partial charge in [0.25, 0.3) is 5.91 Å². The molecule has 3 nitrogen and oxygen atoms in total. The fraction of sp³-hybridized carbons (Fsp3) is 0.0769. The van der Waals surface area contributed by atoms with Gasteiger partial charge in [-0.05, 0) is 29.8 Å². The zero-order valence-electron chi connectivity index (χ0n) is 9.31. The molecular weight excluding hydrogens is 268 g/mol. The zero-order chi connectivity index (χ0) is 13.0. The number of rotatable bonds is 3. The molecule has 0 spiro atoms. The van der Waals surface area contributed by atoms with Crippen molar-refractivity contribution in [1.29, 1.82) is 5.26 Å². The molecule has 0 saturated carbocycles. The van der Waals surface area contributed by atoms with Crippen LogP contribution in [0.1, 0.15) is 9.67 Å². The number of carbonyl (C=O) groups is 1. The molecule has 1 heterocycles. The molecular formula is C13H9ClN2OS. The topological polar surface area (TPSA) is 52.9 Å². The minimum absolute atomic E-state index is 0.0208. The van der Waals surface area contributed by atoms with Gasteiger partial charge in [-0.3, -0.25) is 4.79 Å².